The SMILES string of the molecule is COc1ccc(CN2C3=CC=C(C=O)[C@H]4C(C(=O)OC(C)(C)C)CN[C@]34c3ccccc32)cc1. The molecule has 3 atom stereocenters. The summed E-state index contributed by atoms with van der Waals surface area (Å²) >= 11 is 0. The molecular formula is C28H30N2O4. The van der Waals surface area contributed by atoms with E-state index in [1.165, 1.54) is 0 Å². The molecule has 0 saturated carbocycles. The molecule has 34 heavy (non-hydrogen) atoms. The second kappa shape index (κ2) is 8.13. The van der Waals surface area contributed by atoms with Gasteiger partial charge in [0.05, 0.1) is 18.6 Å². The number of hydrogen-bond donors (Lipinski definition) is 1. The molecule has 6 nitrogen and oxygen atoms in total. The van der Waals surface area contributed by atoms with E-state index < -0.39 is 17.1 Å². The first-order valence-corrected chi connectivity index (χ1v) is 11.6. The molecule has 2 aromatic rings. The Morgan fingerprint density at radius 3 is 2.56 bits per heavy atom. The second-order valence-corrected chi connectivity index (χ2v) is 10.1. The topological polar surface area (TPSA) is 67.9 Å². The second-order valence-electron chi connectivity index (χ2n) is 10.1. The van der Waals surface area contributed by atoms with E-state index in [9.17, 15) is 9.59 Å². The number of aldehydes is 1. The van der Waals surface area contributed by atoms with E-state index in [1.807, 2.05) is 57.2 Å². The van der Waals surface area contributed by atoms with Crippen LogP contribution >= 0.6 is 0 Å². The lowest BCUT2D eigenvalue weighted by Gasteiger charge is -2.39. The van der Waals surface area contributed by atoms with E-state index in [4.69, 9.17) is 9.47 Å². The Kier molecular flexibility index (Phi) is 5.36. The molecule has 1 aliphatic carbocycles. The fourth-order valence-corrected chi connectivity index (χ4v) is 5.61. The molecule has 2 aliphatic heterocycles. The van der Waals surface area contributed by atoms with Crippen molar-refractivity contribution in [1.29, 1.82) is 0 Å². The number of nitrogens with one attached hydrogen (secondary N) is 1. The van der Waals surface area contributed by atoms with Crippen molar-refractivity contribution in [3.05, 3.63) is 83.1 Å². The minimum absolute atomic E-state index is 0.276. The molecule has 1 saturated heterocycles. The first-order valence-electron chi connectivity index (χ1n) is 11.6. The third-order valence-corrected chi connectivity index (χ3v) is 6.92. The highest BCUT2D eigenvalue weighted by Crippen LogP contribution is 2.58. The van der Waals surface area contributed by atoms with Gasteiger partial charge in [-0.2, -0.15) is 0 Å². The third kappa shape index (κ3) is 3.44. The van der Waals surface area contributed by atoms with Crippen molar-refractivity contribution in [2.24, 2.45) is 11.8 Å². The largest absolute Gasteiger partial charge is 0.497 e. The van der Waals surface area contributed by atoms with Gasteiger partial charge in [-0.3, -0.25) is 9.59 Å². The average Bonchev–Trinajstić information content (AvgIpc) is 3.34. The van der Waals surface area contributed by atoms with Gasteiger partial charge in [0.15, 0.2) is 0 Å². The molecule has 1 spiro atoms. The van der Waals surface area contributed by atoms with Crippen LogP contribution in [0.25, 0.3) is 0 Å². The maximum atomic E-state index is 13.3. The Balaban J connectivity index is 1.59. The Labute approximate surface area is 200 Å². The van der Waals surface area contributed by atoms with E-state index in [2.05, 4.69) is 34.5 Å². The summed E-state index contributed by atoms with van der Waals surface area (Å²) in [7, 11) is 1.66. The molecule has 5 rings (SSSR count). The van der Waals surface area contributed by atoms with E-state index in [-0.39, 0.29) is 11.9 Å². The van der Waals surface area contributed by atoms with Crippen LogP contribution in [-0.2, 0) is 26.4 Å². The normalized spacial score (nSPS) is 25.0. The van der Waals surface area contributed by atoms with Crippen LogP contribution < -0.4 is 15.0 Å². The fourth-order valence-electron chi connectivity index (χ4n) is 5.61. The van der Waals surface area contributed by atoms with Crippen LogP contribution in [0.5, 0.6) is 5.75 Å². The van der Waals surface area contributed by atoms with Crippen molar-refractivity contribution < 1.29 is 19.1 Å². The molecule has 0 bridgehead atoms. The molecule has 0 radical (unpaired) electrons. The van der Waals surface area contributed by atoms with E-state index in [1.54, 1.807) is 7.11 Å². The number of carbonyl (C=O) groups excluding carboxylic acids is 2. The molecular weight excluding hydrogens is 428 g/mol. The highest BCUT2D eigenvalue weighted by molar-refractivity contribution is 5.86. The summed E-state index contributed by atoms with van der Waals surface area (Å²) in [4.78, 5) is 27.7. The predicted molar refractivity (Wildman–Crippen MR) is 130 cm³/mol. The lowest BCUT2D eigenvalue weighted by molar-refractivity contribution is -0.160. The zero-order valence-electron chi connectivity index (χ0n) is 20.0. The molecule has 0 aromatic heterocycles. The quantitative estimate of drug-likeness (QED) is 0.537. The minimum Gasteiger partial charge on any atom is -0.497 e. The predicted octanol–water partition coefficient (Wildman–Crippen LogP) is 4.11. The molecule has 0 amide bonds. The summed E-state index contributed by atoms with van der Waals surface area (Å²) < 4.78 is 11.1. The Morgan fingerprint density at radius 1 is 1.15 bits per heavy atom. The van der Waals surface area contributed by atoms with Gasteiger partial charge in [-0.15, -0.1) is 0 Å². The summed E-state index contributed by atoms with van der Waals surface area (Å²) in [6.07, 6.45) is 4.77. The van der Waals surface area contributed by atoms with Crippen molar-refractivity contribution in [2.75, 3.05) is 18.6 Å². The molecule has 2 aromatic carbocycles. The summed E-state index contributed by atoms with van der Waals surface area (Å²) in [5.41, 5.74) is 3.70. The van der Waals surface area contributed by atoms with Gasteiger partial charge in [0.1, 0.15) is 17.6 Å². The minimum atomic E-state index is -0.657. The number of para-hydroxylation sites is 1. The zero-order chi connectivity index (χ0) is 24.1. The molecule has 2 heterocycles. The van der Waals surface area contributed by atoms with Crippen LogP contribution in [0.1, 0.15) is 31.9 Å². The van der Waals surface area contributed by atoms with E-state index >= 15 is 0 Å². The number of fused-ring (bicyclic) bond motifs is 1. The Morgan fingerprint density at radius 2 is 1.88 bits per heavy atom. The van der Waals surface area contributed by atoms with E-state index in [0.29, 0.717) is 18.7 Å². The number of allylic oxidation sites excluding steroid dienone is 2. The number of benzene rings is 2. The third-order valence-electron chi connectivity index (χ3n) is 6.92. The lowest BCUT2D eigenvalue weighted by Crippen LogP contribution is -2.47. The van der Waals surface area contributed by atoms with Crippen LogP contribution in [0.4, 0.5) is 5.69 Å². The van der Waals surface area contributed by atoms with Gasteiger partial charge >= 0.3 is 5.97 Å². The number of ether oxygens (including phenoxy) is 2. The van der Waals surface area contributed by atoms with Crippen LogP contribution in [0.15, 0.2) is 72.0 Å². The molecule has 1 fully saturated rings. The maximum Gasteiger partial charge on any atom is 0.311 e. The number of nitrogens with zero attached hydrogens (tertiary/aromatic N) is 1. The van der Waals surface area contributed by atoms with Crippen LogP contribution in [0.2, 0.25) is 0 Å². The number of carbonyl (C=O) groups is 2. The lowest BCUT2D eigenvalue weighted by atomic mass is 9.69. The standard InChI is InChI=1S/C28H30N2O4/c1-27(2,3)34-26(32)21-15-29-28-22-7-5-6-8-23(22)30(16-18-9-12-20(33-4)13-10-18)24(28)14-11-19(17-31)25(21)28/h5-14,17,21,25,29H,15-16H2,1-4H3/t21?,25-,28+/m0/s1. The maximum absolute atomic E-state index is 13.3. The number of rotatable bonds is 5. The van der Waals surface area contributed by atoms with Crippen molar-refractivity contribution in [3.8, 4) is 5.75 Å². The smallest absolute Gasteiger partial charge is 0.311 e. The first kappa shape index (κ1) is 22.4. The monoisotopic (exact) mass is 458 g/mol. The van der Waals surface area contributed by atoms with Gasteiger partial charge in [0, 0.05) is 36.0 Å². The summed E-state index contributed by atoms with van der Waals surface area (Å²) in [6.45, 7) is 6.70. The molecule has 1 unspecified atom stereocenters. The van der Waals surface area contributed by atoms with Gasteiger partial charge in [-0.05, 0) is 56.2 Å². The summed E-state index contributed by atoms with van der Waals surface area (Å²) in [6, 6.07) is 16.3. The van der Waals surface area contributed by atoms with E-state index in [0.717, 1.165) is 34.5 Å². The average molecular weight is 459 g/mol. The Bertz CT molecular complexity index is 1190. The highest BCUT2D eigenvalue weighted by atomic mass is 16.6. The van der Waals surface area contributed by atoms with Crippen LogP contribution in [-0.4, -0.2) is 31.5 Å². The molecule has 6 heteroatoms. The highest BCUT2D eigenvalue weighted by Gasteiger charge is 2.61. The zero-order valence-corrected chi connectivity index (χ0v) is 20.0. The van der Waals surface area contributed by atoms with Crippen molar-refractivity contribution in [1.82, 2.24) is 5.32 Å². The first-order chi connectivity index (χ1) is 16.3. The number of anilines is 1. The van der Waals surface area contributed by atoms with Crippen LogP contribution in [0.3, 0.4) is 0 Å². The van der Waals surface area contributed by atoms with Gasteiger partial charge < -0.3 is 19.7 Å². The van der Waals surface area contributed by atoms with Crippen molar-refractivity contribution >= 4 is 17.9 Å². The molecule has 176 valence electrons. The fraction of sp³-hybridized carbons (Fsp3) is 0.357. The molecule has 3 aliphatic rings. The van der Waals surface area contributed by atoms with Gasteiger partial charge in [0.25, 0.3) is 0 Å². The number of esters is 1. The van der Waals surface area contributed by atoms with Gasteiger partial charge in [0.2, 0.25) is 0 Å². The van der Waals surface area contributed by atoms with Crippen molar-refractivity contribution in [2.45, 2.75) is 38.5 Å². The number of methoxy groups -OCH3 is 1. The number of hydrogen-bond acceptors (Lipinski definition) is 6. The summed E-state index contributed by atoms with van der Waals surface area (Å²) in [5.74, 6) is -0.271. The Hall–Kier alpha value is -3.38. The van der Waals surface area contributed by atoms with Gasteiger partial charge in [-0.1, -0.05) is 36.4 Å². The summed E-state index contributed by atoms with van der Waals surface area (Å²) in [5, 5.41) is 3.67. The van der Waals surface area contributed by atoms with Crippen LogP contribution in [0, 0.1) is 11.8 Å². The van der Waals surface area contributed by atoms with Crippen molar-refractivity contribution in [3.63, 3.8) is 0 Å². The molecule has 1 N–H and O–H groups in total. The van der Waals surface area contributed by atoms with Gasteiger partial charge in [-0.25, -0.2) is 0 Å².